The van der Waals surface area contributed by atoms with E-state index in [4.69, 9.17) is 43.4 Å². The first-order chi connectivity index (χ1) is 18.9. The van der Waals surface area contributed by atoms with Gasteiger partial charge in [0.2, 0.25) is 11.8 Å². The minimum atomic E-state index is -0.311. The van der Waals surface area contributed by atoms with E-state index >= 15 is 0 Å². The molecule has 1 saturated heterocycles. The van der Waals surface area contributed by atoms with Crippen LogP contribution in [-0.4, -0.2) is 63.4 Å². The Morgan fingerprint density at radius 2 is 1.38 bits per heavy atom. The molecule has 0 aliphatic carbocycles. The molecule has 0 saturated carbocycles. The van der Waals surface area contributed by atoms with Gasteiger partial charge in [-0.25, -0.2) is 9.97 Å². The maximum Gasteiger partial charge on any atom is 0.237 e. The molecule has 0 radical (unpaired) electrons. The van der Waals surface area contributed by atoms with Crippen LogP contribution in [0.15, 0.2) is 48.8 Å². The van der Waals surface area contributed by atoms with Crippen molar-refractivity contribution in [3.05, 3.63) is 70.2 Å². The molecule has 3 N–H and O–H groups in total. The van der Waals surface area contributed by atoms with Gasteiger partial charge in [-0.1, -0.05) is 59.6 Å². The van der Waals surface area contributed by atoms with E-state index in [0.717, 1.165) is 24.1 Å². The lowest BCUT2D eigenvalue weighted by Gasteiger charge is -2.17. The van der Waals surface area contributed by atoms with E-state index in [1.165, 1.54) is 7.11 Å². The van der Waals surface area contributed by atoms with E-state index in [0.29, 0.717) is 68.8 Å². The number of halogens is 2. The summed E-state index contributed by atoms with van der Waals surface area (Å²) < 4.78 is 10.9. The fraction of sp³-hybridized carbons (Fsp3) is 0.286. The lowest BCUT2D eigenvalue weighted by molar-refractivity contribution is 0.174. The van der Waals surface area contributed by atoms with Crippen molar-refractivity contribution in [1.29, 1.82) is 0 Å². The number of nitrogens with zero attached hydrogens (tertiary/aromatic N) is 5. The van der Waals surface area contributed by atoms with Crippen molar-refractivity contribution in [2.45, 2.75) is 25.6 Å². The van der Waals surface area contributed by atoms with Crippen LogP contribution in [0, 0.1) is 0 Å². The van der Waals surface area contributed by atoms with Gasteiger partial charge in [0.25, 0.3) is 0 Å². The van der Waals surface area contributed by atoms with Crippen LogP contribution in [0.5, 0.6) is 11.8 Å². The molecule has 202 valence electrons. The van der Waals surface area contributed by atoms with Gasteiger partial charge in [0.1, 0.15) is 11.4 Å². The molecular formula is C28H28Cl2N6O3. The second-order valence-electron chi connectivity index (χ2n) is 9.14. The third-order valence-electron chi connectivity index (χ3n) is 6.66. The molecule has 0 spiro atoms. The number of benzene rings is 2. The van der Waals surface area contributed by atoms with Crippen molar-refractivity contribution < 1.29 is 14.6 Å². The van der Waals surface area contributed by atoms with E-state index in [9.17, 15) is 5.11 Å². The number of hydrogen-bond donors (Lipinski definition) is 2. The number of methoxy groups -OCH3 is 2. The van der Waals surface area contributed by atoms with Crippen molar-refractivity contribution in [2.24, 2.45) is 5.73 Å². The highest BCUT2D eigenvalue weighted by molar-refractivity contribution is 6.39. The van der Waals surface area contributed by atoms with Gasteiger partial charge in [-0.05, 0) is 6.42 Å². The molecule has 1 aliphatic heterocycles. The van der Waals surface area contributed by atoms with E-state index in [1.54, 1.807) is 19.5 Å². The van der Waals surface area contributed by atoms with E-state index in [1.807, 2.05) is 36.4 Å². The van der Waals surface area contributed by atoms with Crippen molar-refractivity contribution in [2.75, 3.05) is 27.3 Å². The maximum atomic E-state index is 9.84. The highest BCUT2D eigenvalue weighted by Crippen LogP contribution is 2.42. The molecule has 0 bridgehead atoms. The number of likely N-dealkylation sites (tertiary alicyclic amines) is 1. The third-order valence-corrected chi connectivity index (χ3v) is 7.48. The predicted octanol–water partition coefficient (Wildman–Crippen LogP) is 4.62. The fourth-order valence-corrected chi connectivity index (χ4v) is 5.32. The maximum absolute atomic E-state index is 9.84. The van der Waals surface area contributed by atoms with Crippen LogP contribution in [0.25, 0.3) is 33.6 Å². The normalized spacial score (nSPS) is 15.5. The molecule has 4 aromatic rings. The summed E-state index contributed by atoms with van der Waals surface area (Å²) in [5.74, 6) is 0.775. The average molecular weight is 567 g/mol. The summed E-state index contributed by atoms with van der Waals surface area (Å²) in [4.78, 5) is 20.4. The lowest BCUT2D eigenvalue weighted by atomic mass is 9.98. The van der Waals surface area contributed by atoms with Gasteiger partial charge in [-0.2, -0.15) is 0 Å². The Labute approximate surface area is 236 Å². The predicted molar refractivity (Wildman–Crippen MR) is 151 cm³/mol. The third kappa shape index (κ3) is 5.54. The second kappa shape index (κ2) is 11.8. The molecule has 3 heterocycles. The van der Waals surface area contributed by atoms with E-state index < -0.39 is 0 Å². The van der Waals surface area contributed by atoms with Gasteiger partial charge in [0, 0.05) is 48.4 Å². The molecule has 2 aromatic heterocycles. The number of rotatable bonds is 8. The summed E-state index contributed by atoms with van der Waals surface area (Å²) in [6.45, 7) is 2.17. The molecular weight excluding hydrogens is 539 g/mol. The van der Waals surface area contributed by atoms with Gasteiger partial charge in [0.05, 0.1) is 54.2 Å². The Kier molecular flexibility index (Phi) is 8.25. The largest absolute Gasteiger partial charge is 0.480 e. The van der Waals surface area contributed by atoms with Crippen LogP contribution in [0.2, 0.25) is 10.0 Å². The Morgan fingerprint density at radius 3 is 1.87 bits per heavy atom. The molecule has 11 heteroatoms. The van der Waals surface area contributed by atoms with Crippen LogP contribution >= 0.6 is 23.2 Å². The van der Waals surface area contributed by atoms with Crippen molar-refractivity contribution in [3.8, 4) is 45.4 Å². The first-order valence-corrected chi connectivity index (χ1v) is 13.2. The van der Waals surface area contributed by atoms with Crippen LogP contribution in [-0.2, 0) is 13.1 Å². The van der Waals surface area contributed by atoms with Crippen LogP contribution in [0.1, 0.15) is 17.8 Å². The van der Waals surface area contributed by atoms with Gasteiger partial charge < -0.3 is 20.3 Å². The summed E-state index contributed by atoms with van der Waals surface area (Å²) in [6, 6.07) is 11.3. The minimum Gasteiger partial charge on any atom is -0.480 e. The highest BCUT2D eigenvalue weighted by atomic mass is 35.5. The highest BCUT2D eigenvalue weighted by Gasteiger charge is 2.23. The van der Waals surface area contributed by atoms with Gasteiger partial charge >= 0.3 is 0 Å². The lowest BCUT2D eigenvalue weighted by Crippen LogP contribution is -2.22. The van der Waals surface area contributed by atoms with Crippen LogP contribution in [0.3, 0.4) is 0 Å². The Balaban J connectivity index is 1.50. The smallest absolute Gasteiger partial charge is 0.237 e. The second-order valence-corrected chi connectivity index (χ2v) is 9.89. The Morgan fingerprint density at radius 1 is 0.872 bits per heavy atom. The zero-order valence-corrected chi connectivity index (χ0v) is 23.1. The Bertz CT molecular complexity index is 1500. The number of aliphatic hydroxyl groups excluding tert-OH is 1. The summed E-state index contributed by atoms with van der Waals surface area (Å²) in [6.07, 6.45) is 3.75. The molecule has 0 amide bonds. The molecule has 2 aromatic carbocycles. The zero-order valence-electron chi connectivity index (χ0n) is 21.6. The van der Waals surface area contributed by atoms with Gasteiger partial charge in [0.15, 0.2) is 0 Å². The number of hydrogen-bond acceptors (Lipinski definition) is 9. The standard InChI is InChI=1S/C28H28Cl2N6O3/c1-38-27-21(11-31)32-12-22(34-27)19-7-3-5-17(25(19)29)18-6-4-8-20(26(18)30)23-13-33-24(28(35-23)39-2)15-36-10-9-16(37)14-36/h3-8,12-13,16,37H,9-11,14-15,31H2,1-2H3/t16-/m1/s1. The van der Waals surface area contributed by atoms with Crippen LogP contribution < -0.4 is 15.2 Å². The van der Waals surface area contributed by atoms with Gasteiger partial charge in [-0.3, -0.25) is 14.9 Å². The Hall–Kier alpha value is -3.34. The van der Waals surface area contributed by atoms with E-state index in [-0.39, 0.29) is 12.6 Å². The average Bonchev–Trinajstić information content (AvgIpc) is 3.37. The number of β-amino-alcohol motifs (C(OH)–C–C–N with tert-alkyl or cyclic N) is 1. The molecule has 5 rings (SSSR count). The first-order valence-electron chi connectivity index (χ1n) is 12.4. The first kappa shape index (κ1) is 27.2. The SMILES string of the molecule is COc1nc(-c2cccc(-c3cccc(-c4cnc(CN5CC[C@@H](O)C5)c(OC)n4)c3Cl)c2Cl)cnc1CN. The van der Waals surface area contributed by atoms with Crippen molar-refractivity contribution in [1.82, 2.24) is 24.8 Å². The number of aromatic nitrogens is 4. The summed E-state index contributed by atoms with van der Waals surface area (Å²) in [5.41, 5.74) is 11.0. The zero-order chi connectivity index (χ0) is 27.5. The molecule has 9 nitrogen and oxygen atoms in total. The van der Waals surface area contributed by atoms with Crippen molar-refractivity contribution >= 4 is 23.2 Å². The molecule has 1 atom stereocenters. The minimum absolute atomic E-state index is 0.211. The van der Waals surface area contributed by atoms with Gasteiger partial charge in [-0.15, -0.1) is 0 Å². The molecule has 1 aliphatic rings. The summed E-state index contributed by atoms with van der Waals surface area (Å²) in [7, 11) is 3.09. The molecule has 39 heavy (non-hydrogen) atoms. The topological polar surface area (TPSA) is 120 Å². The number of ether oxygens (including phenoxy) is 2. The quantitative estimate of drug-likeness (QED) is 0.314. The number of nitrogens with two attached hydrogens (primary N) is 1. The fourth-order valence-electron chi connectivity index (χ4n) is 4.67. The summed E-state index contributed by atoms with van der Waals surface area (Å²) >= 11 is 13.9. The molecule has 0 unspecified atom stereocenters. The van der Waals surface area contributed by atoms with Crippen LogP contribution in [0.4, 0.5) is 0 Å². The van der Waals surface area contributed by atoms with E-state index in [2.05, 4.69) is 19.9 Å². The monoisotopic (exact) mass is 566 g/mol. The number of aliphatic hydroxyl groups is 1. The molecule has 1 fully saturated rings. The van der Waals surface area contributed by atoms with Crippen molar-refractivity contribution in [3.63, 3.8) is 0 Å². The summed E-state index contributed by atoms with van der Waals surface area (Å²) in [5, 5.41) is 10.8.